The van der Waals surface area contributed by atoms with E-state index in [1.54, 1.807) is 30.3 Å². The van der Waals surface area contributed by atoms with E-state index in [0.717, 1.165) is 0 Å². The van der Waals surface area contributed by atoms with Crippen molar-refractivity contribution in [2.75, 3.05) is 0 Å². The Morgan fingerprint density at radius 2 is 1.80 bits per heavy atom. The number of hydrogen-bond acceptors (Lipinski definition) is 1. The fourth-order valence-electron chi connectivity index (χ4n) is 0.537. The van der Waals surface area contributed by atoms with Gasteiger partial charge < -0.3 is 7.41 Å². The van der Waals surface area contributed by atoms with Crippen LogP contribution < -0.4 is 0 Å². The summed E-state index contributed by atoms with van der Waals surface area (Å²) in [5, 5.41) is 0. The standard InChI is InChI=1S/C6H6O2S.Sr.2H/c7-9(8)6-4-2-1-3-5-6;;;/h1-5H,(H,7,8);;;/q;+2;2*-1. The van der Waals surface area contributed by atoms with Crippen molar-refractivity contribution in [2.24, 2.45) is 0 Å². The summed E-state index contributed by atoms with van der Waals surface area (Å²) in [5.74, 6) is 0. The fraction of sp³-hybridized carbons (Fsp3) is 0. The second-order valence-corrected chi connectivity index (χ2v) is 2.53. The molecule has 0 spiro atoms. The molecule has 0 bridgehead atoms. The first-order valence-electron chi connectivity index (χ1n) is 2.46. The maximum absolute atomic E-state index is 10.3. The Morgan fingerprint density at radius 3 is 2.10 bits per heavy atom. The Kier molecular flexibility index (Phi) is 5.90. The molecule has 0 aliphatic rings. The number of benzene rings is 1. The fourth-order valence-corrected chi connectivity index (χ4v) is 0.927. The zero-order valence-corrected chi connectivity index (χ0v) is 9.65. The van der Waals surface area contributed by atoms with E-state index in [4.69, 9.17) is 4.55 Å². The molecule has 0 aliphatic carbocycles. The molecule has 1 aromatic carbocycles. The predicted octanol–water partition coefficient (Wildman–Crippen LogP) is 1.11. The van der Waals surface area contributed by atoms with Crippen LogP contribution in [-0.4, -0.2) is 54.2 Å². The van der Waals surface area contributed by atoms with Gasteiger partial charge in [-0.3, -0.25) is 0 Å². The molecular weight excluding hydrogens is 224 g/mol. The molecule has 1 N–H and O–H groups in total. The molecule has 0 fully saturated rings. The minimum Gasteiger partial charge on any atom is -1.00 e. The van der Waals surface area contributed by atoms with Crippen molar-refractivity contribution in [2.45, 2.75) is 4.90 Å². The van der Waals surface area contributed by atoms with Gasteiger partial charge in [0.1, 0.15) is 0 Å². The monoisotopic (exact) mass is 232 g/mol. The Balaban J connectivity index is -0.000000270. The van der Waals surface area contributed by atoms with Gasteiger partial charge in [-0.2, -0.15) is 0 Å². The molecule has 2 nitrogen and oxygen atoms in total. The van der Waals surface area contributed by atoms with Gasteiger partial charge in [-0.05, 0) is 12.1 Å². The van der Waals surface area contributed by atoms with Gasteiger partial charge in [0, 0.05) is 0 Å². The van der Waals surface area contributed by atoms with Gasteiger partial charge in [0.15, 0.2) is 11.1 Å². The quantitative estimate of drug-likeness (QED) is 0.581. The van der Waals surface area contributed by atoms with Crippen molar-refractivity contribution in [3.05, 3.63) is 30.3 Å². The van der Waals surface area contributed by atoms with Crippen LogP contribution in [0.5, 0.6) is 0 Å². The van der Waals surface area contributed by atoms with Gasteiger partial charge >= 0.3 is 45.5 Å². The third-order valence-electron chi connectivity index (χ3n) is 0.945. The van der Waals surface area contributed by atoms with E-state index in [0.29, 0.717) is 4.90 Å². The zero-order valence-electron chi connectivity index (χ0n) is 7.36. The molecule has 1 unspecified atom stereocenters. The summed E-state index contributed by atoms with van der Waals surface area (Å²) in [7, 11) is 0. The van der Waals surface area contributed by atoms with Gasteiger partial charge in [0.25, 0.3) is 0 Å². The third-order valence-corrected chi connectivity index (χ3v) is 1.62. The normalized spacial score (nSPS) is 11.7. The summed E-state index contributed by atoms with van der Waals surface area (Å²) in [4.78, 5) is 0.442. The van der Waals surface area contributed by atoms with E-state index in [2.05, 4.69) is 0 Å². The number of rotatable bonds is 1. The molecule has 0 radical (unpaired) electrons. The molecule has 0 aromatic heterocycles. The van der Waals surface area contributed by atoms with Gasteiger partial charge in [-0.25, -0.2) is 4.21 Å². The van der Waals surface area contributed by atoms with Crippen molar-refractivity contribution in [3.63, 3.8) is 0 Å². The van der Waals surface area contributed by atoms with E-state index in [9.17, 15) is 4.21 Å². The van der Waals surface area contributed by atoms with E-state index >= 15 is 0 Å². The average Bonchev–Trinajstić information content (AvgIpc) is 1.90. The van der Waals surface area contributed by atoms with Crippen LogP contribution in [0.15, 0.2) is 35.2 Å². The number of hydrogen-bond donors (Lipinski definition) is 1. The van der Waals surface area contributed by atoms with Crippen LogP contribution >= 0.6 is 0 Å². The predicted molar refractivity (Wildman–Crippen MR) is 43.5 cm³/mol. The first kappa shape index (κ1) is 10.8. The Labute approximate surface area is 102 Å². The van der Waals surface area contributed by atoms with Crippen molar-refractivity contribution in [3.8, 4) is 0 Å². The molecule has 52 valence electrons. The zero-order chi connectivity index (χ0) is 6.69. The molecule has 1 rings (SSSR count). The second-order valence-electron chi connectivity index (χ2n) is 1.56. The Hall–Kier alpha value is 0.811. The van der Waals surface area contributed by atoms with Crippen LogP contribution in [0.25, 0.3) is 0 Å². The largest absolute Gasteiger partial charge is 2.00 e. The van der Waals surface area contributed by atoms with Crippen molar-refractivity contribution >= 4 is 56.6 Å². The van der Waals surface area contributed by atoms with Crippen LogP contribution in [-0.2, 0) is 11.1 Å². The van der Waals surface area contributed by atoms with Crippen molar-refractivity contribution in [1.29, 1.82) is 0 Å². The molecule has 4 heteroatoms. The van der Waals surface area contributed by atoms with Gasteiger partial charge in [0.05, 0.1) is 4.90 Å². The Morgan fingerprint density at radius 1 is 1.30 bits per heavy atom. The molecule has 0 saturated heterocycles. The summed E-state index contributed by atoms with van der Waals surface area (Å²) in [6.07, 6.45) is 0. The van der Waals surface area contributed by atoms with Crippen LogP contribution in [0.3, 0.4) is 0 Å². The SMILES string of the molecule is O=S(O)c1ccccc1.[H-].[H-].[Sr+2]. The van der Waals surface area contributed by atoms with E-state index < -0.39 is 11.1 Å². The molecule has 0 amide bonds. The smallest absolute Gasteiger partial charge is 1.00 e. The molecule has 10 heavy (non-hydrogen) atoms. The molecule has 0 aliphatic heterocycles. The van der Waals surface area contributed by atoms with Crippen LogP contribution in [0.2, 0.25) is 0 Å². The molecule has 1 atom stereocenters. The van der Waals surface area contributed by atoms with Gasteiger partial charge in [-0.15, -0.1) is 0 Å². The molecule has 0 saturated carbocycles. The topological polar surface area (TPSA) is 37.3 Å². The third kappa shape index (κ3) is 3.28. The molecule has 1 aromatic rings. The van der Waals surface area contributed by atoms with E-state index in [1.165, 1.54) is 0 Å². The van der Waals surface area contributed by atoms with Crippen LogP contribution in [0.4, 0.5) is 0 Å². The second kappa shape index (κ2) is 5.46. The summed E-state index contributed by atoms with van der Waals surface area (Å²) in [6.45, 7) is 0. The van der Waals surface area contributed by atoms with Gasteiger partial charge in [0.2, 0.25) is 0 Å². The van der Waals surface area contributed by atoms with Crippen LogP contribution in [0, 0.1) is 0 Å². The maximum atomic E-state index is 10.3. The first-order chi connectivity index (χ1) is 4.30. The molecular formula is C6H8O2SSr. The van der Waals surface area contributed by atoms with E-state index in [1.807, 2.05) is 0 Å². The summed E-state index contributed by atoms with van der Waals surface area (Å²) in [6, 6.07) is 8.47. The maximum Gasteiger partial charge on any atom is 2.00 e. The summed E-state index contributed by atoms with van der Waals surface area (Å²) in [5.41, 5.74) is 0. The average molecular weight is 232 g/mol. The van der Waals surface area contributed by atoms with Gasteiger partial charge in [-0.1, -0.05) is 18.2 Å². The summed E-state index contributed by atoms with van der Waals surface area (Å²) >= 11 is -1.83. The van der Waals surface area contributed by atoms with E-state index in [-0.39, 0.29) is 48.3 Å². The minimum atomic E-state index is -1.83. The molecule has 0 heterocycles. The first-order valence-corrected chi connectivity index (χ1v) is 3.57. The Bertz CT molecular complexity index is 220. The summed E-state index contributed by atoms with van der Waals surface area (Å²) < 4.78 is 18.8. The van der Waals surface area contributed by atoms with Crippen molar-refractivity contribution in [1.82, 2.24) is 0 Å². The van der Waals surface area contributed by atoms with Crippen LogP contribution in [0.1, 0.15) is 2.85 Å². The van der Waals surface area contributed by atoms with Crippen molar-refractivity contribution < 1.29 is 11.6 Å². The minimum absolute atomic E-state index is 0.